The van der Waals surface area contributed by atoms with E-state index >= 15 is 0 Å². The van der Waals surface area contributed by atoms with Crippen molar-refractivity contribution in [3.63, 3.8) is 0 Å². The molecule has 3 rings (SSSR count). The summed E-state index contributed by atoms with van der Waals surface area (Å²) in [6, 6.07) is 10.2. The second-order valence-corrected chi connectivity index (χ2v) is 5.57. The van der Waals surface area contributed by atoms with Crippen molar-refractivity contribution >= 4 is 22.5 Å². The summed E-state index contributed by atoms with van der Waals surface area (Å²) in [7, 11) is 0. The summed E-state index contributed by atoms with van der Waals surface area (Å²) in [6.45, 7) is 1.56. The molecule has 0 fully saturated rings. The first kappa shape index (κ1) is 16.9. The first-order chi connectivity index (χ1) is 11.8. The molecule has 0 saturated heterocycles. The van der Waals surface area contributed by atoms with Crippen molar-refractivity contribution in [2.45, 2.75) is 19.7 Å². The second-order valence-electron chi connectivity index (χ2n) is 5.57. The van der Waals surface area contributed by atoms with Gasteiger partial charge in [0.25, 0.3) is 0 Å². The third kappa shape index (κ3) is 3.93. The predicted octanol–water partition coefficient (Wildman–Crippen LogP) is 4.72. The summed E-state index contributed by atoms with van der Waals surface area (Å²) in [6.07, 6.45) is -2.66. The molecule has 1 aromatic heterocycles. The Balaban J connectivity index is 1.73. The zero-order chi connectivity index (χ0) is 18.0. The number of fused-ring (bicyclic) bond motifs is 1. The summed E-state index contributed by atoms with van der Waals surface area (Å²) in [4.78, 5) is 14.3. The standard InChI is InChI=1S/C18H15F3N2O2/c1-11(24)23-17-9-22-16-7-6-14(8-15(16)17)25-10-12-2-4-13(5-3-12)18(19,20)21/h2-9,22H,10H2,1H3,(H,23,24). The molecule has 0 radical (unpaired) electrons. The molecular weight excluding hydrogens is 333 g/mol. The zero-order valence-corrected chi connectivity index (χ0v) is 13.3. The van der Waals surface area contributed by atoms with Crippen LogP contribution in [0.25, 0.3) is 10.9 Å². The molecule has 3 aromatic rings. The van der Waals surface area contributed by atoms with Crippen LogP contribution in [0.5, 0.6) is 5.75 Å². The molecule has 2 N–H and O–H groups in total. The van der Waals surface area contributed by atoms with Crippen LogP contribution < -0.4 is 10.1 Å². The Morgan fingerprint density at radius 3 is 2.52 bits per heavy atom. The van der Waals surface area contributed by atoms with Gasteiger partial charge in [-0.25, -0.2) is 0 Å². The SMILES string of the molecule is CC(=O)Nc1c[nH]c2ccc(OCc3ccc(C(F)(F)F)cc3)cc12. The van der Waals surface area contributed by atoms with Gasteiger partial charge in [-0.1, -0.05) is 12.1 Å². The number of halogens is 3. The molecule has 1 heterocycles. The maximum absolute atomic E-state index is 12.6. The molecule has 130 valence electrons. The minimum absolute atomic E-state index is 0.142. The maximum Gasteiger partial charge on any atom is 0.416 e. The largest absolute Gasteiger partial charge is 0.489 e. The van der Waals surface area contributed by atoms with Crippen molar-refractivity contribution in [3.8, 4) is 5.75 Å². The lowest BCUT2D eigenvalue weighted by Gasteiger charge is -2.09. The van der Waals surface area contributed by atoms with E-state index in [1.807, 2.05) is 6.07 Å². The van der Waals surface area contributed by atoms with Gasteiger partial charge in [0.15, 0.2) is 0 Å². The van der Waals surface area contributed by atoms with Crippen molar-refractivity contribution < 1.29 is 22.7 Å². The fourth-order valence-corrected chi connectivity index (χ4v) is 2.44. The van der Waals surface area contributed by atoms with Crippen molar-refractivity contribution in [2.75, 3.05) is 5.32 Å². The van der Waals surface area contributed by atoms with E-state index in [0.717, 1.165) is 23.0 Å². The van der Waals surface area contributed by atoms with E-state index in [1.54, 1.807) is 18.3 Å². The number of hydrogen-bond acceptors (Lipinski definition) is 2. The van der Waals surface area contributed by atoms with Gasteiger partial charge in [-0.05, 0) is 35.9 Å². The van der Waals surface area contributed by atoms with Crippen molar-refractivity contribution in [1.29, 1.82) is 0 Å². The summed E-state index contributed by atoms with van der Waals surface area (Å²) in [5.74, 6) is 0.371. The fourth-order valence-electron chi connectivity index (χ4n) is 2.44. The van der Waals surface area contributed by atoms with Crippen LogP contribution in [0.2, 0.25) is 0 Å². The molecular formula is C18H15F3N2O2. The monoisotopic (exact) mass is 348 g/mol. The number of nitrogens with one attached hydrogen (secondary N) is 2. The zero-order valence-electron chi connectivity index (χ0n) is 13.3. The van der Waals surface area contributed by atoms with E-state index in [2.05, 4.69) is 10.3 Å². The Labute approximate surface area is 141 Å². The van der Waals surface area contributed by atoms with Gasteiger partial charge in [0.1, 0.15) is 12.4 Å². The molecule has 4 nitrogen and oxygen atoms in total. The molecule has 7 heteroatoms. The van der Waals surface area contributed by atoms with Crippen LogP contribution >= 0.6 is 0 Å². The number of benzene rings is 2. The minimum atomic E-state index is -4.35. The van der Waals surface area contributed by atoms with Crippen LogP contribution in [0, 0.1) is 0 Å². The first-order valence-electron chi connectivity index (χ1n) is 7.50. The van der Waals surface area contributed by atoms with E-state index in [-0.39, 0.29) is 12.5 Å². The Morgan fingerprint density at radius 2 is 1.88 bits per heavy atom. The van der Waals surface area contributed by atoms with Crippen LogP contribution in [0.1, 0.15) is 18.1 Å². The summed E-state index contributed by atoms with van der Waals surface area (Å²) in [5, 5.41) is 3.51. The van der Waals surface area contributed by atoms with Gasteiger partial charge < -0.3 is 15.0 Å². The number of hydrogen-bond donors (Lipinski definition) is 2. The second kappa shape index (κ2) is 6.51. The molecule has 0 atom stereocenters. The van der Waals surface area contributed by atoms with Crippen LogP contribution in [-0.4, -0.2) is 10.9 Å². The predicted molar refractivity (Wildman–Crippen MR) is 88.4 cm³/mol. The highest BCUT2D eigenvalue weighted by molar-refractivity contribution is 6.01. The Bertz CT molecular complexity index is 899. The number of anilines is 1. The number of alkyl halides is 3. The normalized spacial score (nSPS) is 11.5. The first-order valence-corrected chi connectivity index (χ1v) is 7.50. The topological polar surface area (TPSA) is 54.1 Å². The molecule has 2 aromatic carbocycles. The number of amides is 1. The van der Waals surface area contributed by atoms with E-state index in [9.17, 15) is 18.0 Å². The fraction of sp³-hybridized carbons (Fsp3) is 0.167. The van der Waals surface area contributed by atoms with Crippen LogP contribution in [0.15, 0.2) is 48.7 Å². The lowest BCUT2D eigenvalue weighted by molar-refractivity contribution is -0.137. The molecule has 0 aliphatic carbocycles. The number of H-pyrrole nitrogens is 1. The maximum atomic E-state index is 12.6. The Kier molecular flexibility index (Phi) is 4.39. The van der Waals surface area contributed by atoms with Gasteiger partial charge in [-0.3, -0.25) is 4.79 Å². The number of carbonyl (C=O) groups excluding carboxylic acids is 1. The molecule has 0 bridgehead atoms. The van der Waals surface area contributed by atoms with E-state index in [1.165, 1.54) is 19.1 Å². The Morgan fingerprint density at radius 1 is 1.16 bits per heavy atom. The van der Waals surface area contributed by atoms with Gasteiger partial charge in [0, 0.05) is 24.0 Å². The molecule has 0 spiro atoms. The van der Waals surface area contributed by atoms with Crippen molar-refractivity contribution in [3.05, 3.63) is 59.8 Å². The quantitative estimate of drug-likeness (QED) is 0.716. The van der Waals surface area contributed by atoms with Crippen molar-refractivity contribution in [2.24, 2.45) is 0 Å². The minimum Gasteiger partial charge on any atom is -0.489 e. The highest BCUT2D eigenvalue weighted by Crippen LogP contribution is 2.30. The number of ether oxygens (including phenoxy) is 1. The number of aromatic nitrogens is 1. The average Bonchev–Trinajstić information content (AvgIpc) is 2.94. The van der Waals surface area contributed by atoms with Gasteiger partial charge in [-0.15, -0.1) is 0 Å². The molecule has 0 saturated carbocycles. The van der Waals surface area contributed by atoms with Gasteiger partial charge >= 0.3 is 6.18 Å². The molecule has 0 unspecified atom stereocenters. The third-order valence-electron chi connectivity index (χ3n) is 3.65. The average molecular weight is 348 g/mol. The van der Waals surface area contributed by atoms with Gasteiger partial charge in [0.2, 0.25) is 5.91 Å². The highest BCUT2D eigenvalue weighted by atomic mass is 19.4. The number of carbonyl (C=O) groups is 1. The van der Waals surface area contributed by atoms with Crippen LogP contribution in [0.3, 0.4) is 0 Å². The Hall–Kier alpha value is -2.96. The lowest BCUT2D eigenvalue weighted by Crippen LogP contribution is -2.05. The van der Waals surface area contributed by atoms with Crippen LogP contribution in [-0.2, 0) is 17.6 Å². The molecule has 25 heavy (non-hydrogen) atoms. The van der Waals surface area contributed by atoms with Crippen LogP contribution in [0.4, 0.5) is 18.9 Å². The third-order valence-corrected chi connectivity index (χ3v) is 3.65. The summed E-state index contributed by atoms with van der Waals surface area (Å²) >= 11 is 0. The lowest BCUT2D eigenvalue weighted by atomic mass is 10.1. The molecule has 0 aliphatic heterocycles. The summed E-state index contributed by atoms with van der Waals surface area (Å²) in [5.41, 5.74) is 1.42. The number of aromatic amines is 1. The summed E-state index contributed by atoms with van der Waals surface area (Å²) < 4.78 is 43.3. The molecule has 1 amide bonds. The van der Waals surface area contributed by atoms with E-state index in [0.29, 0.717) is 17.0 Å². The molecule has 0 aliphatic rings. The van der Waals surface area contributed by atoms with Crippen molar-refractivity contribution in [1.82, 2.24) is 4.98 Å². The highest BCUT2D eigenvalue weighted by Gasteiger charge is 2.29. The van der Waals surface area contributed by atoms with E-state index < -0.39 is 11.7 Å². The van der Waals surface area contributed by atoms with E-state index in [4.69, 9.17) is 4.74 Å². The smallest absolute Gasteiger partial charge is 0.416 e. The van der Waals surface area contributed by atoms with Gasteiger partial charge in [-0.2, -0.15) is 13.2 Å². The number of rotatable bonds is 4. The van der Waals surface area contributed by atoms with Gasteiger partial charge in [0.05, 0.1) is 11.3 Å².